The number of nitrogens with one attached hydrogen (secondary N) is 1. The molecule has 6 heteroatoms. The van der Waals surface area contributed by atoms with E-state index in [1.54, 1.807) is 11.8 Å². The number of carbonyl (C=O) groups excluding carboxylic acids is 1. The maximum absolute atomic E-state index is 12.3. The van der Waals surface area contributed by atoms with E-state index in [0.29, 0.717) is 6.54 Å². The smallest absolute Gasteiger partial charge is 0.223 e. The molecule has 5 nitrogen and oxygen atoms in total. The first kappa shape index (κ1) is 16.6. The average Bonchev–Trinajstić information content (AvgIpc) is 3.01. The van der Waals surface area contributed by atoms with Crippen LogP contribution in [0.25, 0.3) is 0 Å². The molecule has 2 N–H and O–H groups in total. The van der Waals surface area contributed by atoms with Gasteiger partial charge < -0.3 is 15.3 Å². The number of nitrogens with zero attached hydrogens (tertiary/aromatic N) is 2. The van der Waals surface area contributed by atoms with Crippen LogP contribution in [0.4, 0.5) is 5.82 Å². The highest BCUT2D eigenvalue weighted by molar-refractivity contribution is 7.99. The molecule has 2 aliphatic rings. The highest BCUT2D eigenvalue weighted by Gasteiger charge is 2.33. The maximum atomic E-state index is 12.3. The third-order valence-electron chi connectivity index (χ3n) is 4.76. The molecule has 0 aliphatic carbocycles. The van der Waals surface area contributed by atoms with Crippen LogP contribution in [0.3, 0.4) is 0 Å². The second-order valence-corrected chi connectivity index (χ2v) is 7.80. The number of piperidine rings is 1. The molecule has 126 valence electrons. The number of rotatable bonds is 4. The molecule has 0 saturated carbocycles. The van der Waals surface area contributed by atoms with Crippen LogP contribution in [0, 0.1) is 12.8 Å². The number of carbonyl (C=O) groups is 1. The monoisotopic (exact) mass is 335 g/mol. The van der Waals surface area contributed by atoms with Crippen molar-refractivity contribution in [1.82, 2.24) is 10.3 Å². The molecule has 1 aromatic heterocycles. The molecular weight excluding hydrogens is 310 g/mol. The van der Waals surface area contributed by atoms with Gasteiger partial charge in [-0.1, -0.05) is 6.07 Å². The van der Waals surface area contributed by atoms with E-state index in [1.165, 1.54) is 0 Å². The predicted octanol–water partition coefficient (Wildman–Crippen LogP) is 1.59. The second kappa shape index (κ2) is 7.09. The lowest BCUT2D eigenvalue weighted by Crippen LogP contribution is -2.47. The topological polar surface area (TPSA) is 65.5 Å². The van der Waals surface area contributed by atoms with Gasteiger partial charge in [0, 0.05) is 37.5 Å². The number of hydrogen-bond donors (Lipinski definition) is 2. The van der Waals surface area contributed by atoms with Gasteiger partial charge in [-0.15, -0.1) is 0 Å². The van der Waals surface area contributed by atoms with E-state index in [1.807, 2.05) is 19.2 Å². The summed E-state index contributed by atoms with van der Waals surface area (Å²) in [7, 11) is 0. The number of pyridine rings is 1. The number of aryl methyl sites for hydroxylation is 1. The molecular formula is C17H25N3O2S. The van der Waals surface area contributed by atoms with Crippen LogP contribution >= 0.6 is 11.8 Å². The van der Waals surface area contributed by atoms with Gasteiger partial charge in [0.25, 0.3) is 0 Å². The number of aliphatic hydroxyl groups is 1. The first-order chi connectivity index (χ1) is 11.1. The summed E-state index contributed by atoms with van der Waals surface area (Å²) in [5, 5.41) is 13.3. The molecule has 0 aromatic carbocycles. The van der Waals surface area contributed by atoms with Crippen LogP contribution in [0.2, 0.25) is 0 Å². The average molecular weight is 335 g/mol. The normalized spacial score (nSPS) is 25.6. The molecule has 2 aliphatic heterocycles. The Labute approximate surface area is 141 Å². The van der Waals surface area contributed by atoms with Crippen molar-refractivity contribution in [2.45, 2.75) is 31.8 Å². The lowest BCUT2D eigenvalue weighted by molar-refractivity contribution is -0.126. The molecule has 1 atom stereocenters. The van der Waals surface area contributed by atoms with Crippen molar-refractivity contribution in [2.24, 2.45) is 5.92 Å². The molecule has 0 radical (unpaired) electrons. The van der Waals surface area contributed by atoms with E-state index in [2.05, 4.69) is 21.3 Å². The van der Waals surface area contributed by atoms with Crippen molar-refractivity contribution in [1.29, 1.82) is 0 Å². The van der Waals surface area contributed by atoms with E-state index in [9.17, 15) is 9.90 Å². The van der Waals surface area contributed by atoms with Gasteiger partial charge in [0.15, 0.2) is 0 Å². The molecule has 2 saturated heterocycles. The van der Waals surface area contributed by atoms with E-state index in [-0.39, 0.29) is 11.8 Å². The van der Waals surface area contributed by atoms with Gasteiger partial charge in [-0.25, -0.2) is 4.98 Å². The Kier molecular flexibility index (Phi) is 5.11. The zero-order valence-corrected chi connectivity index (χ0v) is 14.4. The second-order valence-electron chi connectivity index (χ2n) is 6.70. The summed E-state index contributed by atoms with van der Waals surface area (Å²) in [5.41, 5.74) is 0.457. The van der Waals surface area contributed by atoms with Crippen LogP contribution in [0.15, 0.2) is 18.3 Å². The zero-order valence-electron chi connectivity index (χ0n) is 13.6. The fourth-order valence-electron chi connectivity index (χ4n) is 3.15. The fourth-order valence-corrected chi connectivity index (χ4v) is 4.44. The van der Waals surface area contributed by atoms with Gasteiger partial charge in [-0.3, -0.25) is 4.79 Å². The first-order valence-corrected chi connectivity index (χ1v) is 9.47. The highest BCUT2D eigenvalue weighted by Crippen LogP contribution is 2.27. The van der Waals surface area contributed by atoms with Gasteiger partial charge >= 0.3 is 0 Å². The fraction of sp³-hybridized carbons (Fsp3) is 0.647. The Morgan fingerprint density at radius 1 is 1.48 bits per heavy atom. The van der Waals surface area contributed by atoms with Crippen molar-refractivity contribution in [3.05, 3.63) is 23.9 Å². The molecule has 0 unspecified atom stereocenters. The quantitative estimate of drug-likeness (QED) is 0.875. The minimum Gasteiger partial charge on any atom is -0.387 e. The number of thioether (sulfide) groups is 1. The third-order valence-corrected chi connectivity index (χ3v) is 5.99. The first-order valence-electron chi connectivity index (χ1n) is 8.31. The van der Waals surface area contributed by atoms with E-state index in [0.717, 1.165) is 55.2 Å². The van der Waals surface area contributed by atoms with Gasteiger partial charge in [0.2, 0.25) is 5.91 Å². The Bertz CT molecular complexity index is 535. The minimum absolute atomic E-state index is 0.0503. The molecule has 3 heterocycles. The summed E-state index contributed by atoms with van der Waals surface area (Å²) in [4.78, 5) is 19.0. The summed E-state index contributed by atoms with van der Waals surface area (Å²) in [6.45, 7) is 4.13. The van der Waals surface area contributed by atoms with Gasteiger partial charge in [0.05, 0.1) is 5.60 Å². The molecule has 0 bridgehead atoms. The van der Waals surface area contributed by atoms with Crippen LogP contribution in [0.5, 0.6) is 0 Å². The van der Waals surface area contributed by atoms with Crippen molar-refractivity contribution in [3.8, 4) is 0 Å². The molecule has 2 fully saturated rings. The largest absolute Gasteiger partial charge is 0.387 e. The van der Waals surface area contributed by atoms with Gasteiger partial charge in [-0.2, -0.15) is 11.8 Å². The van der Waals surface area contributed by atoms with E-state index >= 15 is 0 Å². The van der Waals surface area contributed by atoms with Crippen LogP contribution in [-0.4, -0.2) is 52.7 Å². The van der Waals surface area contributed by atoms with Crippen LogP contribution in [-0.2, 0) is 4.79 Å². The summed E-state index contributed by atoms with van der Waals surface area (Å²) < 4.78 is 0. The number of amides is 1. The van der Waals surface area contributed by atoms with E-state index < -0.39 is 5.60 Å². The van der Waals surface area contributed by atoms with Gasteiger partial charge in [-0.05, 0) is 43.6 Å². The van der Waals surface area contributed by atoms with Crippen LogP contribution < -0.4 is 10.2 Å². The van der Waals surface area contributed by atoms with Crippen molar-refractivity contribution >= 4 is 23.5 Å². The Morgan fingerprint density at radius 3 is 2.87 bits per heavy atom. The molecule has 1 aromatic rings. The Balaban J connectivity index is 1.46. The van der Waals surface area contributed by atoms with Gasteiger partial charge in [0.1, 0.15) is 5.82 Å². The molecule has 3 rings (SSSR count). The minimum atomic E-state index is -0.702. The molecule has 23 heavy (non-hydrogen) atoms. The summed E-state index contributed by atoms with van der Waals surface area (Å²) >= 11 is 1.75. The number of aromatic nitrogens is 1. The van der Waals surface area contributed by atoms with E-state index in [4.69, 9.17) is 0 Å². The summed E-state index contributed by atoms with van der Waals surface area (Å²) in [5.74, 6) is 2.84. The van der Waals surface area contributed by atoms with Crippen LogP contribution in [0.1, 0.15) is 24.8 Å². The maximum Gasteiger partial charge on any atom is 0.223 e. The summed E-state index contributed by atoms with van der Waals surface area (Å²) in [6, 6.07) is 4.12. The zero-order chi connectivity index (χ0) is 16.3. The molecule has 0 spiro atoms. The standard InChI is InChI=1S/C17H25N3O2S/c1-13-2-3-15(18-10-13)20-7-4-14(5-8-20)16(21)19-11-17(22)6-9-23-12-17/h2-3,10,14,22H,4-9,11-12H2,1H3,(H,19,21)/t17-/m0/s1. The SMILES string of the molecule is Cc1ccc(N2CCC(C(=O)NC[C@@]3(O)CCSC3)CC2)nc1. The summed E-state index contributed by atoms with van der Waals surface area (Å²) in [6.07, 6.45) is 4.34. The third kappa shape index (κ3) is 4.18. The lowest BCUT2D eigenvalue weighted by Gasteiger charge is -2.32. The number of hydrogen-bond acceptors (Lipinski definition) is 5. The highest BCUT2D eigenvalue weighted by atomic mass is 32.2. The Morgan fingerprint density at radius 2 is 2.26 bits per heavy atom. The lowest BCUT2D eigenvalue weighted by atomic mass is 9.95. The van der Waals surface area contributed by atoms with Crippen molar-refractivity contribution in [3.63, 3.8) is 0 Å². The van der Waals surface area contributed by atoms with Crippen molar-refractivity contribution in [2.75, 3.05) is 36.0 Å². The Hall–Kier alpha value is -1.27. The molecule has 1 amide bonds. The number of anilines is 1. The predicted molar refractivity (Wildman–Crippen MR) is 93.8 cm³/mol. The van der Waals surface area contributed by atoms with Crippen molar-refractivity contribution < 1.29 is 9.90 Å².